The third kappa shape index (κ3) is 3.30. The minimum absolute atomic E-state index is 0.0261. The summed E-state index contributed by atoms with van der Waals surface area (Å²) >= 11 is 1.58. The molecule has 124 valence electrons. The molecule has 3 rings (SSSR count). The maximum absolute atomic E-state index is 11.9. The Balaban J connectivity index is 2.00. The minimum atomic E-state index is -0.0817. The number of ether oxygens (including phenoxy) is 1. The van der Waals surface area contributed by atoms with Crippen molar-refractivity contribution in [1.82, 2.24) is 14.8 Å². The summed E-state index contributed by atoms with van der Waals surface area (Å²) in [5.41, 5.74) is 1.52. The highest BCUT2D eigenvalue weighted by Gasteiger charge is 2.15. The normalized spacial score (nSPS) is 10.8. The van der Waals surface area contributed by atoms with Gasteiger partial charge in [-0.3, -0.25) is 4.79 Å². The molecule has 0 unspecified atom stereocenters. The number of hydrogen-bond donors (Lipinski definition) is 1. The van der Waals surface area contributed by atoms with Crippen molar-refractivity contribution < 1.29 is 9.53 Å². The predicted octanol–water partition coefficient (Wildman–Crippen LogP) is 3.60. The van der Waals surface area contributed by atoms with E-state index in [4.69, 9.17) is 4.74 Å². The molecule has 6 nitrogen and oxygen atoms in total. The Morgan fingerprint density at radius 1 is 1.29 bits per heavy atom. The smallest absolute Gasteiger partial charge is 0.336 e. The molecule has 0 atom stereocenters. The van der Waals surface area contributed by atoms with Gasteiger partial charge in [0.1, 0.15) is 0 Å². The zero-order chi connectivity index (χ0) is 17.1. The van der Waals surface area contributed by atoms with Crippen LogP contribution in [0.5, 0.6) is 6.01 Å². The molecule has 2 heterocycles. The van der Waals surface area contributed by atoms with Gasteiger partial charge in [-0.2, -0.15) is 4.98 Å². The topological polar surface area (TPSA) is 69.0 Å². The van der Waals surface area contributed by atoms with E-state index in [1.54, 1.807) is 16.0 Å². The molecular weight excluding hydrogens is 324 g/mol. The molecule has 0 radical (unpaired) electrons. The van der Waals surface area contributed by atoms with Gasteiger partial charge in [0.2, 0.25) is 5.91 Å². The lowest BCUT2D eigenvalue weighted by atomic mass is 10.2. The number of rotatable bonds is 5. The van der Waals surface area contributed by atoms with Gasteiger partial charge in [0, 0.05) is 11.6 Å². The van der Waals surface area contributed by atoms with Gasteiger partial charge in [-0.05, 0) is 29.6 Å². The van der Waals surface area contributed by atoms with Crippen LogP contribution in [0.4, 0.5) is 5.69 Å². The number of carbonyl (C=O) groups is 1. The van der Waals surface area contributed by atoms with Crippen LogP contribution in [0.25, 0.3) is 16.4 Å². The third-order valence-electron chi connectivity index (χ3n) is 3.39. The molecule has 24 heavy (non-hydrogen) atoms. The van der Waals surface area contributed by atoms with Gasteiger partial charge >= 0.3 is 6.01 Å². The number of nitrogens with zero attached hydrogens (tertiary/aromatic N) is 3. The fourth-order valence-electron chi connectivity index (χ4n) is 2.13. The first-order valence-corrected chi connectivity index (χ1v) is 8.42. The molecule has 3 aromatic rings. The van der Waals surface area contributed by atoms with E-state index in [-0.39, 0.29) is 11.8 Å². The van der Waals surface area contributed by atoms with Crippen LogP contribution in [0.1, 0.15) is 13.8 Å². The Kier molecular flexibility index (Phi) is 4.61. The fourth-order valence-corrected chi connectivity index (χ4v) is 2.83. The highest BCUT2D eigenvalue weighted by molar-refractivity contribution is 7.13. The Labute approximate surface area is 144 Å². The first kappa shape index (κ1) is 16.2. The molecule has 0 saturated heterocycles. The monoisotopic (exact) mass is 342 g/mol. The Morgan fingerprint density at radius 3 is 2.79 bits per heavy atom. The number of methoxy groups -OCH3 is 1. The molecule has 1 amide bonds. The maximum atomic E-state index is 11.9. The molecule has 0 aliphatic carbocycles. The SMILES string of the molecule is COc1nc(-c2cccs2)n(-c2cccc(NC(=O)C(C)C)c2)n1. The number of amides is 1. The molecule has 0 saturated carbocycles. The third-order valence-corrected chi connectivity index (χ3v) is 4.26. The molecule has 0 spiro atoms. The van der Waals surface area contributed by atoms with E-state index in [1.165, 1.54) is 7.11 Å². The number of hydrogen-bond acceptors (Lipinski definition) is 5. The number of nitrogens with one attached hydrogen (secondary N) is 1. The lowest BCUT2D eigenvalue weighted by Crippen LogP contribution is -2.17. The van der Waals surface area contributed by atoms with Gasteiger partial charge < -0.3 is 10.1 Å². The number of carbonyl (C=O) groups excluding carboxylic acids is 1. The molecule has 2 aromatic heterocycles. The van der Waals surface area contributed by atoms with Gasteiger partial charge in [-0.15, -0.1) is 16.4 Å². The van der Waals surface area contributed by atoms with E-state index in [1.807, 2.05) is 55.6 Å². The molecule has 0 aliphatic rings. The zero-order valence-electron chi connectivity index (χ0n) is 13.7. The van der Waals surface area contributed by atoms with E-state index in [2.05, 4.69) is 15.4 Å². The first-order chi connectivity index (χ1) is 11.6. The predicted molar refractivity (Wildman–Crippen MR) is 94.7 cm³/mol. The van der Waals surface area contributed by atoms with Gasteiger partial charge in [0.25, 0.3) is 0 Å². The van der Waals surface area contributed by atoms with Crippen molar-refractivity contribution in [3.8, 4) is 22.4 Å². The van der Waals surface area contributed by atoms with E-state index in [0.717, 1.165) is 16.3 Å². The molecule has 0 aliphatic heterocycles. The van der Waals surface area contributed by atoms with Crippen molar-refractivity contribution in [3.63, 3.8) is 0 Å². The van der Waals surface area contributed by atoms with Gasteiger partial charge in [-0.1, -0.05) is 26.0 Å². The summed E-state index contributed by atoms with van der Waals surface area (Å²) < 4.78 is 6.89. The summed E-state index contributed by atoms with van der Waals surface area (Å²) in [5.74, 6) is 0.595. The quantitative estimate of drug-likeness (QED) is 0.769. The Morgan fingerprint density at radius 2 is 2.12 bits per heavy atom. The number of benzene rings is 1. The van der Waals surface area contributed by atoms with Gasteiger partial charge in [0.15, 0.2) is 5.82 Å². The summed E-state index contributed by atoms with van der Waals surface area (Å²) in [7, 11) is 1.54. The molecule has 0 fully saturated rings. The lowest BCUT2D eigenvalue weighted by molar-refractivity contribution is -0.118. The number of thiophene rings is 1. The first-order valence-electron chi connectivity index (χ1n) is 7.54. The van der Waals surface area contributed by atoms with Crippen LogP contribution in [0.3, 0.4) is 0 Å². The fraction of sp³-hybridized carbons (Fsp3) is 0.235. The zero-order valence-corrected chi connectivity index (χ0v) is 14.5. The van der Waals surface area contributed by atoms with Crippen molar-refractivity contribution in [2.45, 2.75) is 13.8 Å². The summed E-state index contributed by atoms with van der Waals surface area (Å²) in [6, 6.07) is 11.7. The number of anilines is 1. The standard InChI is InChI=1S/C17H18N4O2S/c1-11(2)16(22)18-12-6-4-7-13(10-12)21-15(14-8-5-9-24-14)19-17(20-21)23-3/h4-11H,1-3H3,(H,18,22). The van der Waals surface area contributed by atoms with Crippen molar-refractivity contribution >= 4 is 22.9 Å². The second-order valence-electron chi connectivity index (χ2n) is 5.51. The van der Waals surface area contributed by atoms with Crippen LogP contribution in [0.2, 0.25) is 0 Å². The van der Waals surface area contributed by atoms with Crippen LogP contribution in [-0.2, 0) is 4.79 Å². The maximum Gasteiger partial charge on any atom is 0.336 e. The van der Waals surface area contributed by atoms with E-state index < -0.39 is 0 Å². The second-order valence-corrected chi connectivity index (χ2v) is 6.45. The van der Waals surface area contributed by atoms with Crippen LogP contribution >= 0.6 is 11.3 Å². The summed E-state index contributed by atoms with van der Waals surface area (Å²) in [6.45, 7) is 3.72. The van der Waals surface area contributed by atoms with Crippen molar-refractivity contribution in [1.29, 1.82) is 0 Å². The Bertz CT molecular complexity index is 840. The molecule has 1 aromatic carbocycles. The van der Waals surface area contributed by atoms with E-state index in [0.29, 0.717) is 11.8 Å². The van der Waals surface area contributed by atoms with Gasteiger partial charge in [0.05, 0.1) is 17.7 Å². The highest BCUT2D eigenvalue weighted by Crippen LogP contribution is 2.28. The van der Waals surface area contributed by atoms with E-state index >= 15 is 0 Å². The van der Waals surface area contributed by atoms with Crippen LogP contribution < -0.4 is 10.1 Å². The molecule has 1 N–H and O–H groups in total. The van der Waals surface area contributed by atoms with Crippen LogP contribution in [0, 0.1) is 5.92 Å². The van der Waals surface area contributed by atoms with E-state index in [9.17, 15) is 4.79 Å². The molecule has 0 bridgehead atoms. The van der Waals surface area contributed by atoms with Crippen LogP contribution in [0.15, 0.2) is 41.8 Å². The van der Waals surface area contributed by atoms with Crippen molar-refractivity contribution in [2.75, 3.05) is 12.4 Å². The van der Waals surface area contributed by atoms with Crippen molar-refractivity contribution in [2.24, 2.45) is 5.92 Å². The summed E-state index contributed by atoms with van der Waals surface area (Å²) in [6.07, 6.45) is 0. The average Bonchev–Trinajstić information content (AvgIpc) is 3.24. The van der Waals surface area contributed by atoms with Gasteiger partial charge in [-0.25, -0.2) is 4.68 Å². The largest absolute Gasteiger partial charge is 0.466 e. The Hall–Kier alpha value is -2.67. The summed E-state index contributed by atoms with van der Waals surface area (Å²) in [4.78, 5) is 17.3. The second kappa shape index (κ2) is 6.84. The average molecular weight is 342 g/mol. The highest BCUT2D eigenvalue weighted by atomic mass is 32.1. The number of aromatic nitrogens is 3. The van der Waals surface area contributed by atoms with Crippen molar-refractivity contribution in [3.05, 3.63) is 41.8 Å². The summed E-state index contributed by atoms with van der Waals surface area (Å²) in [5, 5.41) is 9.27. The molecule has 7 heteroatoms. The minimum Gasteiger partial charge on any atom is -0.466 e. The molecular formula is C17H18N4O2S. The lowest BCUT2D eigenvalue weighted by Gasteiger charge is -2.10. The van der Waals surface area contributed by atoms with Crippen LogP contribution in [-0.4, -0.2) is 27.8 Å².